The van der Waals surface area contributed by atoms with Crippen molar-refractivity contribution in [2.24, 2.45) is 0 Å². The minimum atomic E-state index is -0.0906. The number of aromatic nitrogens is 2. The Morgan fingerprint density at radius 3 is 2.92 bits per heavy atom. The maximum absolute atomic E-state index is 12.7. The Labute approximate surface area is 139 Å². The summed E-state index contributed by atoms with van der Waals surface area (Å²) in [5.74, 6) is 2.63. The monoisotopic (exact) mass is 329 g/mol. The summed E-state index contributed by atoms with van der Waals surface area (Å²) in [6.07, 6.45) is 2.14. The Kier molecular flexibility index (Phi) is 3.84. The van der Waals surface area contributed by atoms with E-state index >= 15 is 0 Å². The van der Waals surface area contributed by atoms with Gasteiger partial charge in [-0.1, -0.05) is 11.2 Å². The van der Waals surface area contributed by atoms with Crippen LogP contribution in [-0.2, 0) is 11.2 Å². The topological polar surface area (TPSA) is 77.7 Å². The van der Waals surface area contributed by atoms with Crippen LogP contribution in [0.2, 0.25) is 0 Å². The van der Waals surface area contributed by atoms with Gasteiger partial charge in [0.2, 0.25) is 11.8 Å². The predicted octanol–water partition coefficient (Wildman–Crippen LogP) is 2.06. The molecule has 0 unspecified atom stereocenters. The van der Waals surface area contributed by atoms with Crippen LogP contribution in [0.15, 0.2) is 22.7 Å². The van der Waals surface area contributed by atoms with Crippen molar-refractivity contribution in [3.05, 3.63) is 35.5 Å². The van der Waals surface area contributed by atoms with Crippen molar-refractivity contribution in [1.82, 2.24) is 15.0 Å². The molecule has 0 radical (unpaired) electrons. The molecule has 24 heavy (non-hydrogen) atoms. The van der Waals surface area contributed by atoms with Crippen molar-refractivity contribution >= 4 is 5.91 Å². The van der Waals surface area contributed by atoms with Gasteiger partial charge in [-0.15, -0.1) is 0 Å². The zero-order chi connectivity index (χ0) is 16.5. The highest BCUT2D eigenvalue weighted by Crippen LogP contribution is 2.33. The summed E-state index contributed by atoms with van der Waals surface area (Å²) in [5.41, 5.74) is 0.916. The van der Waals surface area contributed by atoms with Gasteiger partial charge < -0.3 is 18.9 Å². The first-order valence-electron chi connectivity index (χ1n) is 8.19. The fourth-order valence-electron chi connectivity index (χ4n) is 3.26. The van der Waals surface area contributed by atoms with Gasteiger partial charge in [-0.2, -0.15) is 4.98 Å². The molecule has 0 saturated carbocycles. The lowest BCUT2D eigenvalue weighted by Crippen LogP contribution is -2.32. The number of ether oxygens (including phenoxy) is 2. The highest BCUT2D eigenvalue weighted by atomic mass is 16.6. The maximum atomic E-state index is 12.7. The second kappa shape index (κ2) is 6.14. The van der Waals surface area contributed by atoms with Gasteiger partial charge >= 0.3 is 0 Å². The summed E-state index contributed by atoms with van der Waals surface area (Å²) in [6, 6.07) is 5.57. The highest BCUT2D eigenvalue weighted by molar-refractivity contribution is 5.79. The summed E-state index contributed by atoms with van der Waals surface area (Å²) in [7, 11) is 0. The number of nitrogens with zero attached hydrogens (tertiary/aromatic N) is 3. The molecule has 4 rings (SSSR count). The molecule has 1 aromatic heterocycles. The molecule has 0 aliphatic carbocycles. The summed E-state index contributed by atoms with van der Waals surface area (Å²) in [5, 5.41) is 3.98. The van der Waals surface area contributed by atoms with Crippen LogP contribution in [0.3, 0.4) is 0 Å². The van der Waals surface area contributed by atoms with Crippen molar-refractivity contribution in [1.29, 1.82) is 0 Å². The van der Waals surface area contributed by atoms with Crippen LogP contribution in [-0.4, -0.2) is 40.7 Å². The molecular weight excluding hydrogens is 310 g/mol. The normalized spacial score (nSPS) is 19.5. The lowest BCUT2D eigenvalue weighted by atomic mass is 10.1. The third-order valence-electron chi connectivity index (χ3n) is 4.38. The van der Waals surface area contributed by atoms with E-state index in [0.29, 0.717) is 37.1 Å². The predicted molar refractivity (Wildman–Crippen MR) is 83.9 cm³/mol. The smallest absolute Gasteiger partial charge is 0.227 e. The number of rotatable bonds is 3. The lowest BCUT2D eigenvalue weighted by Gasteiger charge is -2.23. The van der Waals surface area contributed by atoms with E-state index in [2.05, 4.69) is 10.1 Å². The van der Waals surface area contributed by atoms with Gasteiger partial charge in [0, 0.05) is 13.5 Å². The molecular formula is C17H19N3O4. The number of amides is 1. The quantitative estimate of drug-likeness (QED) is 0.858. The van der Waals surface area contributed by atoms with E-state index in [9.17, 15) is 4.79 Å². The Bertz CT molecular complexity index is 758. The van der Waals surface area contributed by atoms with Gasteiger partial charge in [0.1, 0.15) is 13.2 Å². The average Bonchev–Trinajstić information content (AvgIpc) is 3.23. The number of benzene rings is 1. The van der Waals surface area contributed by atoms with Crippen LogP contribution in [0, 0.1) is 6.92 Å². The van der Waals surface area contributed by atoms with Gasteiger partial charge in [0.15, 0.2) is 17.3 Å². The molecule has 7 heteroatoms. The molecule has 1 amide bonds. The van der Waals surface area contributed by atoms with E-state index in [-0.39, 0.29) is 11.9 Å². The van der Waals surface area contributed by atoms with Crippen LogP contribution in [0.4, 0.5) is 0 Å². The molecule has 3 heterocycles. The van der Waals surface area contributed by atoms with Crippen LogP contribution in [0.5, 0.6) is 11.5 Å². The Balaban J connectivity index is 1.49. The van der Waals surface area contributed by atoms with Crippen LogP contribution in [0.1, 0.15) is 36.2 Å². The summed E-state index contributed by atoms with van der Waals surface area (Å²) in [6.45, 7) is 3.58. The highest BCUT2D eigenvalue weighted by Gasteiger charge is 2.33. The fourth-order valence-corrected chi connectivity index (χ4v) is 3.26. The number of likely N-dealkylation sites (tertiary alicyclic amines) is 1. The Hall–Kier alpha value is -2.57. The standard InChI is InChI=1S/C17H19N3O4/c1-11-18-17(19-24-11)13-3-2-6-20(13)16(21)10-12-4-5-14-15(9-12)23-8-7-22-14/h4-5,9,13H,2-3,6-8,10H2,1H3/t13-/m0/s1. The first kappa shape index (κ1) is 15.0. The van der Waals surface area contributed by atoms with Gasteiger partial charge in [-0.05, 0) is 30.5 Å². The molecule has 1 atom stereocenters. The number of fused-ring (bicyclic) bond motifs is 1. The largest absolute Gasteiger partial charge is 0.486 e. The maximum Gasteiger partial charge on any atom is 0.227 e. The molecule has 0 N–H and O–H groups in total. The van der Waals surface area contributed by atoms with Crippen LogP contribution >= 0.6 is 0 Å². The minimum Gasteiger partial charge on any atom is -0.486 e. The first-order chi connectivity index (χ1) is 11.7. The van der Waals surface area contributed by atoms with Crippen molar-refractivity contribution in [3.8, 4) is 11.5 Å². The van der Waals surface area contributed by atoms with E-state index in [1.54, 1.807) is 6.92 Å². The number of hydrogen-bond donors (Lipinski definition) is 0. The molecule has 2 aliphatic rings. The molecule has 0 spiro atoms. The van der Waals surface area contributed by atoms with E-state index in [1.165, 1.54) is 0 Å². The third kappa shape index (κ3) is 2.81. The first-order valence-corrected chi connectivity index (χ1v) is 8.19. The zero-order valence-corrected chi connectivity index (χ0v) is 13.5. The summed E-state index contributed by atoms with van der Waals surface area (Å²) < 4.78 is 16.2. The zero-order valence-electron chi connectivity index (χ0n) is 13.5. The van der Waals surface area contributed by atoms with E-state index in [4.69, 9.17) is 14.0 Å². The molecule has 1 fully saturated rings. The lowest BCUT2D eigenvalue weighted by molar-refractivity contribution is -0.131. The van der Waals surface area contributed by atoms with Gasteiger partial charge in [0.25, 0.3) is 0 Å². The third-order valence-corrected chi connectivity index (χ3v) is 4.38. The molecule has 7 nitrogen and oxygen atoms in total. The summed E-state index contributed by atoms with van der Waals surface area (Å²) >= 11 is 0. The van der Waals surface area contributed by atoms with Crippen molar-refractivity contribution in [3.63, 3.8) is 0 Å². The van der Waals surface area contributed by atoms with Crippen LogP contribution < -0.4 is 9.47 Å². The van der Waals surface area contributed by atoms with E-state index in [1.807, 2.05) is 23.1 Å². The Morgan fingerprint density at radius 1 is 1.29 bits per heavy atom. The van der Waals surface area contributed by atoms with E-state index in [0.717, 1.165) is 30.7 Å². The number of carbonyl (C=O) groups excluding carboxylic acids is 1. The SMILES string of the molecule is Cc1nc([C@@H]2CCCN2C(=O)Cc2ccc3c(c2)OCCO3)no1. The molecule has 2 aliphatic heterocycles. The van der Waals surface area contributed by atoms with Gasteiger partial charge in [-0.25, -0.2) is 0 Å². The van der Waals surface area contributed by atoms with Gasteiger partial charge in [0.05, 0.1) is 12.5 Å². The van der Waals surface area contributed by atoms with Crippen LogP contribution in [0.25, 0.3) is 0 Å². The van der Waals surface area contributed by atoms with Gasteiger partial charge in [-0.3, -0.25) is 4.79 Å². The van der Waals surface area contributed by atoms with E-state index < -0.39 is 0 Å². The van der Waals surface area contributed by atoms with Crippen molar-refractivity contribution in [2.75, 3.05) is 19.8 Å². The second-order valence-electron chi connectivity index (χ2n) is 6.07. The minimum absolute atomic E-state index is 0.0663. The fraction of sp³-hybridized carbons (Fsp3) is 0.471. The average molecular weight is 329 g/mol. The van der Waals surface area contributed by atoms with Crippen molar-refractivity contribution in [2.45, 2.75) is 32.2 Å². The number of aryl methyl sites for hydroxylation is 1. The number of hydrogen-bond acceptors (Lipinski definition) is 6. The Morgan fingerprint density at radius 2 is 2.12 bits per heavy atom. The molecule has 1 saturated heterocycles. The molecule has 0 bridgehead atoms. The molecule has 126 valence electrons. The molecule has 2 aromatic rings. The number of carbonyl (C=O) groups is 1. The summed E-state index contributed by atoms with van der Waals surface area (Å²) in [4.78, 5) is 18.9. The second-order valence-corrected chi connectivity index (χ2v) is 6.07. The molecule has 1 aromatic carbocycles. The van der Waals surface area contributed by atoms with Crippen molar-refractivity contribution < 1.29 is 18.8 Å².